The number of alkyl halides is 1. The van der Waals surface area contributed by atoms with E-state index in [1.54, 1.807) is 0 Å². The van der Waals surface area contributed by atoms with E-state index in [1.807, 2.05) is 0 Å². The molecule has 0 aromatic rings. The van der Waals surface area contributed by atoms with Crippen LogP contribution in [0.25, 0.3) is 0 Å². The van der Waals surface area contributed by atoms with Crippen molar-refractivity contribution in [1.29, 1.82) is 0 Å². The summed E-state index contributed by atoms with van der Waals surface area (Å²) in [5, 5.41) is 0. The fourth-order valence-corrected chi connectivity index (χ4v) is 2.14. The van der Waals surface area contributed by atoms with Crippen LogP contribution in [-0.4, -0.2) is 26.2 Å². The molecule has 0 aliphatic heterocycles. The van der Waals surface area contributed by atoms with E-state index in [-0.39, 0.29) is 11.9 Å². The van der Waals surface area contributed by atoms with Crippen LogP contribution in [-0.2, 0) is 14.3 Å². The standard InChI is InChI=1S/C6H11ClO3S/c7-4-1-5-11(8,9)10-6-2-3-6/h6H,1-5H2. The first-order valence-electron chi connectivity index (χ1n) is 3.61. The molecule has 0 amide bonds. The van der Waals surface area contributed by atoms with Gasteiger partial charge in [-0.05, 0) is 19.3 Å². The SMILES string of the molecule is O=S(=O)(CCCCl)OC1CC1. The second-order valence-electron chi connectivity index (χ2n) is 2.60. The van der Waals surface area contributed by atoms with Gasteiger partial charge in [-0.15, -0.1) is 11.6 Å². The van der Waals surface area contributed by atoms with Crippen LogP contribution in [0, 0.1) is 0 Å². The molecule has 5 heteroatoms. The van der Waals surface area contributed by atoms with E-state index in [2.05, 4.69) is 0 Å². The quantitative estimate of drug-likeness (QED) is 0.491. The molecule has 0 unspecified atom stereocenters. The molecule has 1 saturated carbocycles. The Labute approximate surface area is 71.8 Å². The summed E-state index contributed by atoms with van der Waals surface area (Å²) in [6.07, 6.45) is 2.19. The van der Waals surface area contributed by atoms with Gasteiger partial charge in [-0.25, -0.2) is 0 Å². The second-order valence-corrected chi connectivity index (χ2v) is 4.69. The summed E-state index contributed by atoms with van der Waals surface area (Å²) in [7, 11) is -3.26. The van der Waals surface area contributed by atoms with Gasteiger partial charge in [0.15, 0.2) is 0 Å². The average Bonchev–Trinajstić information content (AvgIpc) is 2.67. The van der Waals surface area contributed by atoms with Gasteiger partial charge in [-0.1, -0.05) is 0 Å². The Balaban J connectivity index is 2.26. The number of halogens is 1. The molecular weight excluding hydrogens is 188 g/mol. The summed E-state index contributed by atoms with van der Waals surface area (Å²) in [4.78, 5) is 0. The zero-order valence-electron chi connectivity index (χ0n) is 6.12. The van der Waals surface area contributed by atoms with Crippen molar-refractivity contribution in [3.8, 4) is 0 Å². The van der Waals surface area contributed by atoms with Gasteiger partial charge in [-0.2, -0.15) is 8.42 Å². The Morgan fingerprint density at radius 3 is 2.55 bits per heavy atom. The number of hydrogen-bond donors (Lipinski definition) is 0. The van der Waals surface area contributed by atoms with Crippen LogP contribution in [0.2, 0.25) is 0 Å². The molecule has 3 nitrogen and oxygen atoms in total. The van der Waals surface area contributed by atoms with Crippen molar-refractivity contribution in [2.45, 2.75) is 25.4 Å². The minimum atomic E-state index is -3.26. The van der Waals surface area contributed by atoms with Crippen molar-refractivity contribution >= 4 is 21.7 Å². The van der Waals surface area contributed by atoms with Gasteiger partial charge < -0.3 is 0 Å². The molecule has 0 saturated heterocycles. The largest absolute Gasteiger partial charge is 0.267 e. The van der Waals surface area contributed by atoms with E-state index < -0.39 is 10.1 Å². The van der Waals surface area contributed by atoms with E-state index in [1.165, 1.54) is 0 Å². The van der Waals surface area contributed by atoms with E-state index >= 15 is 0 Å². The molecule has 66 valence electrons. The highest BCUT2D eigenvalue weighted by molar-refractivity contribution is 7.86. The minimum Gasteiger partial charge on any atom is -0.267 e. The summed E-state index contributed by atoms with van der Waals surface area (Å²) >= 11 is 5.34. The zero-order valence-corrected chi connectivity index (χ0v) is 7.70. The smallest absolute Gasteiger partial charge is 0.267 e. The summed E-state index contributed by atoms with van der Waals surface area (Å²) in [5.74, 6) is 0.417. The lowest BCUT2D eigenvalue weighted by atomic mass is 10.6. The van der Waals surface area contributed by atoms with Crippen LogP contribution in [0.4, 0.5) is 0 Å². The molecule has 0 bridgehead atoms. The summed E-state index contributed by atoms with van der Waals surface area (Å²) < 4.78 is 26.7. The third-order valence-electron chi connectivity index (χ3n) is 1.34. The fourth-order valence-electron chi connectivity index (χ4n) is 0.651. The molecule has 1 rings (SSSR count). The lowest BCUT2D eigenvalue weighted by molar-refractivity contribution is 0.305. The Hall–Kier alpha value is 0.200. The molecule has 0 aromatic carbocycles. The predicted octanol–water partition coefficient (Wildman–Crippen LogP) is 1.12. The first-order chi connectivity index (χ1) is 5.14. The lowest BCUT2D eigenvalue weighted by Gasteiger charge is -2.01. The molecule has 0 heterocycles. The first kappa shape index (κ1) is 9.29. The van der Waals surface area contributed by atoms with Crippen LogP contribution in [0.15, 0.2) is 0 Å². The maximum absolute atomic E-state index is 11.0. The average molecular weight is 199 g/mol. The predicted molar refractivity (Wildman–Crippen MR) is 43.2 cm³/mol. The zero-order chi connectivity index (χ0) is 8.32. The van der Waals surface area contributed by atoms with E-state index in [0.717, 1.165) is 12.8 Å². The number of hydrogen-bond acceptors (Lipinski definition) is 3. The topological polar surface area (TPSA) is 43.4 Å². The van der Waals surface area contributed by atoms with Crippen molar-refractivity contribution in [2.24, 2.45) is 0 Å². The third kappa shape index (κ3) is 3.94. The van der Waals surface area contributed by atoms with Crippen LogP contribution in [0.1, 0.15) is 19.3 Å². The van der Waals surface area contributed by atoms with E-state index in [4.69, 9.17) is 15.8 Å². The van der Waals surface area contributed by atoms with Gasteiger partial charge in [0, 0.05) is 5.88 Å². The third-order valence-corrected chi connectivity index (χ3v) is 2.96. The molecule has 0 N–H and O–H groups in total. The van der Waals surface area contributed by atoms with Crippen molar-refractivity contribution in [3.63, 3.8) is 0 Å². The summed E-state index contributed by atoms with van der Waals surface area (Å²) in [6, 6.07) is 0. The van der Waals surface area contributed by atoms with Crippen molar-refractivity contribution in [1.82, 2.24) is 0 Å². The van der Waals surface area contributed by atoms with Crippen molar-refractivity contribution in [2.75, 3.05) is 11.6 Å². The van der Waals surface area contributed by atoms with E-state index in [0.29, 0.717) is 12.3 Å². The van der Waals surface area contributed by atoms with Crippen molar-refractivity contribution < 1.29 is 12.6 Å². The Morgan fingerprint density at radius 1 is 1.45 bits per heavy atom. The van der Waals surface area contributed by atoms with Gasteiger partial charge in [0.1, 0.15) is 0 Å². The van der Waals surface area contributed by atoms with E-state index in [9.17, 15) is 8.42 Å². The van der Waals surface area contributed by atoms with Crippen molar-refractivity contribution in [3.05, 3.63) is 0 Å². The lowest BCUT2D eigenvalue weighted by Crippen LogP contribution is -2.12. The Bertz CT molecular complexity index is 208. The number of rotatable bonds is 5. The normalized spacial score (nSPS) is 18.6. The highest BCUT2D eigenvalue weighted by atomic mass is 35.5. The Morgan fingerprint density at radius 2 is 2.09 bits per heavy atom. The second kappa shape index (κ2) is 3.74. The van der Waals surface area contributed by atoms with Crippen LogP contribution < -0.4 is 0 Å². The molecule has 1 fully saturated rings. The van der Waals surface area contributed by atoms with Gasteiger partial charge in [0.2, 0.25) is 0 Å². The Kier molecular flexibility index (Phi) is 3.16. The monoisotopic (exact) mass is 198 g/mol. The van der Waals surface area contributed by atoms with Gasteiger partial charge in [0.05, 0.1) is 11.9 Å². The van der Waals surface area contributed by atoms with Crippen LogP contribution in [0.5, 0.6) is 0 Å². The molecular formula is C6H11ClO3S. The van der Waals surface area contributed by atoms with Gasteiger partial charge in [-0.3, -0.25) is 4.18 Å². The highest BCUT2D eigenvalue weighted by Crippen LogP contribution is 2.25. The molecule has 11 heavy (non-hydrogen) atoms. The molecule has 0 radical (unpaired) electrons. The minimum absolute atomic E-state index is 0.0321. The molecule has 0 atom stereocenters. The maximum atomic E-state index is 11.0. The van der Waals surface area contributed by atoms with Gasteiger partial charge in [0.25, 0.3) is 10.1 Å². The van der Waals surface area contributed by atoms with Gasteiger partial charge >= 0.3 is 0 Å². The summed E-state index contributed by atoms with van der Waals surface area (Å²) in [6.45, 7) is 0. The molecule has 1 aliphatic rings. The molecule has 0 spiro atoms. The van der Waals surface area contributed by atoms with Crippen LogP contribution in [0.3, 0.4) is 0 Å². The fraction of sp³-hybridized carbons (Fsp3) is 1.00. The maximum Gasteiger partial charge on any atom is 0.267 e. The first-order valence-corrected chi connectivity index (χ1v) is 5.72. The molecule has 0 aromatic heterocycles. The highest BCUT2D eigenvalue weighted by Gasteiger charge is 2.28. The molecule has 1 aliphatic carbocycles. The van der Waals surface area contributed by atoms with Crippen LogP contribution >= 0.6 is 11.6 Å². The summed E-state index contributed by atoms with van der Waals surface area (Å²) in [5.41, 5.74) is 0.